The van der Waals surface area contributed by atoms with E-state index in [4.69, 9.17) is 0 Å². The van der Waals surface area contributed by atoms with Gasteiger partial charge in [-0.15, -0.1) is 11.3 Å². The van der Waals surface area contributed by atoms with Crippen LogP contribution < -0.4 is 4.72 Å². The summed E-state index contributed by atoms with van der Waals surface area (Å²) in [4.78, 5) is 14.1. The third-order valence-corrected chi connectivity index (χ3v) is 6.30. The molecule has 1 aromatic heterocycles. The normalized spacial score (nSPS) is 11.1. The van der Waals surface area contributed by atoms with Gasteiger partial charge in [-0.1, -0.05) is 30.4 Å². The van der Waals surface area contributed by atoms with Crippen LogP contribution in [0.3, 0.4) is 0 Å². The van der Waals surface area contributed by atoms with Crippen LogP contribution in [0.1, 0.15) is 19.4 Å². The molecule has 0 spiro atoms. The number of carbonyl (C=O) groups is 1. The van der Waals surface area contributed by atoms with Crippen LogP contribution in [0, 0.1) is 0 Å². The summed E-state index contributed by atoms with van der Waals surface area (Å²) in [5.74, 6) is 0.0254. The third-order valence-electron chi connectivity index (χ3n) is 3.52. The molecular weight excluding hydrogens is 356 g/mol. The standard InChI is InChI=1S/C18H22N2O3S2/c1-4-20(13-14(2)3)17(21)12-15-7-9-16(10-8-15)19-25(22,23)18-6-5-11-24-18/h5-11,19H,2,4,12-13H2,1,3H3. The van der Waals surface area contributed by atoms with Crippen molar-refractivity contribution in [3.05, 3.63) is 59.5 Å². The number of anilines is 1. The van der Waals surface area contributed by atoms with Gasteiger partial charge in [0.15, 0.2) is 0 Å². The molecule has 2 aromatic rings. The molecule has 1 amide bonds. The molecule has 2 rings (SSSR count). The van der Waals surface area contributed by atoms with E-state index in [-0.39, 0.29) is 16.5 Å². The minimum atomic E-state index is -3.55. The van der Waals surface area contributed by atoms with Gasteiger partial charge < -0.3 is 4.90 Å². The molecule has 0 saturated heterocycles. The van der Waals surface area contributed by atoms with Crippen LogP contribution in [0.25, 0.3) is 0 Å². The Balaban J connectivity index is 2.02. The van der Waals surface area contributed by atoms with E-state index < -0.39 is 10.0 Å². The number of sulfonamides is 1. The highest BCUT2D eigenvalue weighted by Crippen LogP contribution is 2.20. The number of amides is 1. The number of carbonyl (C=O) groups excluding carboxylic acids is 1. The molecule has 0 fully saturated rings. The first-order valence-electron chi connectivity index (χ1n) is 7.89. The van der Waals surface area contributed by atoms with E-state index >= 15 is 0 Å². The summed E-state index contributed by atoms with van der Waals surface area (Å²) >= 11 is 1.16. The molecule has 1 aromatic carbocycles. The lowest BCUT2D eigenvalue weighted by molar-refractivity contribution is -0.129. The Bertz CT molecular complexity index is 826. The number of hydrogen-bond acceptors (Lipinski definition) is 4. The van der Waals surface area contributed by atoms with E-state index in [1.165, 1.54) is 0 Å². The predicted molar refractivity (Wildman–Crippen MR) is 102 cm³/mol. The zero-order valence-corrected chi connectivity index (χ0v) is 16.0. The highest BCUT2D eigenvalue weighted by atomic mass is 32.2. The molecule has 134 valence electrons. The van der Waals surface area contributed by atoms with E-state index in [2.05, 4.69) is 11.3 Å². The predicted octanol–water partition coefficient (Wildman–Crippen LogP) is 3.52. The Hall–Kier alpha value is -2.12. The Kier molecular flexibility index (Phi) is 6.39. The summed E-state index contributed by atoms with van der Waals surface area (Å²) < 4.78 is 27.2. The Morgan fingerprint density at radius 2 is 1.92 bits per heavy atom. The van der Waals surface area contributed by atoms with Crippen molar-refractivity contribution in [2.24, 2.45) is 0 Å². The highest BCUT2D eigenvalue weighted by Gasteiger charge is 2.16. The van der Waals surface area contributed by atoms with Crippen LogP contribution in [0.15, 0.2) is 58.1 Å². The number of thiophene rings is 1. The van der Waals surface area contributed by atoms with Gasteiger partial charge in [0.2, 0.25) is 5.91 Å². The second-order valence-corrected chi connectivity index (χ2v) is 8.63. The van der Waals surface area contributed by atoms with Crippen molar-refractivity contribution in [3.8, 4) is 0 Å². The van der Waals surface area contributed by atoms with Crippen molar-refractivity contribution < 1.29 is 13.2 Å². The maximum atomic E-state index is 12.3. The topological polar surface area (TPSA) is 66.5 Å². The summed E-state index contributed by atoms with van der Waals surface area (Å²) in [6.45, 7) is 8.85. The SMILES string of the molecule is C=C(C)CN(CC)C(=O)Cc1ccc(NS(=O)(=O)c2cccs2)cc1. The number of likely N-dealkylation sites (N-methyl/N-ethyl adjacent to an activating group) is 1. The fraction of sp³-hybridized carbons (Fsp3) is 0.278. The molecule has 0 saturated carbocycles. The smallest absolute Gasteiger partial charge is 0.271 e. The van der Waals surface area contributed by atoms with Crippen LogP contribution >= 0.6 is 11.3 Å². The zero-order valence-electron chi connectivity index (χ0n) is 14.4. The molecule has 5 nitrogen and oxygen atoms in total. The van der Waals surface area contributed by atoms with E-state index in [1.54, 1.807) is 46.7 Å². The Morgan fingerprint density at radius 3 is 2.44 bits per heavy atom. The van der Waals surface area contributed by atoms with Crippen LogP contribution in [0.2, 0.25) is 0 Å². The third kappa shape index (κ3) is 5.44. The van der Waals surface area contributed by atoms with Crippen molar-refractivity contribution in [2.75, 3.05) is 17.8 Å². The fourth-order valence-electron chi connectivity index (χ4n) is 2.30. The van der Waals surface area contributed by atoms with Gasteiger partial charge >= 0.3 is 0 Å². The van der Waals surface area contributed by atoms with Crippen molar-refractivity contribution in [1.82, 2.24) is 4.90 Å². The van der Waals surface area contributed by atoms with Gasteiger partial charge in [-0.05, 0) is 43.0 Å². The molecule has 0 aliphatic heterocycles. The molecule has 1 heterocycles. The summed E-state index contributed by atoms with van der Waals surface area (Å²) in [7, 11) is -3.55. The molecule has 7 heteroatoms. The van der Waals surface area contributed by atoms with Gasteiger partial charge in [0.05, 0.1) is 6.42 Å². The quantitative estimate of drug-likeness (QED) is 0.715. The molecular formula is C18H22N2O3S2. The van der Waals surface area contributed by atoms with Crippen LogP contribution in [-0.4, -0.2) is 32.3 Å². The lowest BCUT2D eigenvalue weighted by atomic mass is 10.1. The number of nitrogens with one attached hydrogen (secondary N) is 1. The molecule has 0 radical (unpaired) electrons. The van der Waals surface area contributed by atoms with Gasteiger partial charge in [0.1, 0.15) is 4.21 Å². The summed E-state index contributed by atoms with van der Waals surface area (Å²) in [6.07, 6.45) is 0.277. The molecule has 0 unspecified atom stereocenters. The number of benzene rings is 1. The maximum Gasteiger partial charge on any atom is 0.271 e. The molecule has 0 atom stereocenters. The first kappa shape index (κ1) is 19.2. The van der Waals surface area contributed by atoms with Crippen molar-refractivity contribution >= 4 is 33.0 Å². The fourth-order valence-corrected chi connectivity index (χ4v) is 4.35. The van der Waals surface area contributed by atoms with Gasteiger partial charge in [-0.3, -0.25) is 9.52 Å². The number of rotatable bonds is 8. The van der Waals surface area contributed by atoms with E-state index in [0.29, 0.717) is 18.8 Å². The van der Waals surface area contributed by atoms with E-state index in [0.717, 1.165) is 22.5 Å². The monoisotopic (exact) mass is 378 g/mol. The number of nitrogens with zero attached hydrogens (tertiary/aromatic N) is 1. The van der Waals surface area contributed by atoms with Gasteiger partial charge in [0, 0.05) is 18.8 Å². The maximum absolute atomic E-state index is 12.3. The van der Waals surface area contributed by atoms with Crippen LogP contribution in [-0.2, 0) is 21.2 Å². The Labute approximate surface area is 153 Å². The van der Waals surface area contributed by atoms with Gasteiger partial charge in [0.25, 0.3) is 10.0 Å². The van der Waals surface area contributed by atoms with E-state index in [9.17, 15) is 13.2 Å². The number of hydrogen-bond donors (Lipinski definition) is 1. The minimum absolute atomic E-state index is 0.0254. The average Bonchev–Trinajstić information content (AvgIpc) is 3.09. The second-order valence-electron chi connectivity index (χ2n) is 5.78. The van der Waals surface area contributed by atoms with Crippen molar-refractivity contribution in [3.63, 3.8) is 0 Å². The van der Waals surface area contributed by atoms with Crippen molar-refractivity contribution in [1.29, 1.82) is 0 Å². The van der Waals surface area contributed by atoms with Gasteiger partial charge in [-0.25, -0.2) is 8.42 Å². The zero-order chi connectivity index (χ0) is 18.4. The second kappa shape index (κ2) is 8.31. The summed E-state index contributed by atoms with van der Waals surface area (Å²) in [5.41, 5.74) is 2.25. The lowest BCUT2D eigenvalue weighted by Crippen LogP contribution is -2.33. The molecule has 1 N–H and O–H groups in total. The largest absolute Gasteiger partial charge is 0.339 e. The molecule has 25 heavy (non-hydrogen) atoms. The highest BCUT2D eigenvalue weighted by molar-refractivity contribution is 7.94. The Morgan fingerprint density at radius 1 is 1.24 bits per heavy atom. The molecule has 0 aliphatic carbocycles. The van der Waals surface area contributed by atoms with Crippen LogP contribution in [0.4, 0.5) is 5.69 Å². The van der Waals surface area contributed by atoms with E-state index in [1.807, 2.05) is 13.8 Å². The van der Waals surface area contributed by atoms with Crippen molar-refractivity contribution in [2.45, 2.75) is 24.5 Å². The first-order valence-corrected chi connectivity index (χ1v) is 10.3. The first-order chi connectivity index (χ1) is 11.8. The molecule has 0 bridgehead atoms. The summed E-state index contributed by atoms with van der Waals surface area (Å²) in [6, 6.07) is 10.1. The molecule has 0 aliphatic rings. The van der Waals surface area contributed by atoms with Crippen LogP contribution in [0.5, 0.6) is 0 Å². The average molecular weight is 379 g/mol. The lowest BCUT2D eigenvalue weighted by Gasteiger charge is -2.21. The minimum Gasteiger partial charge on any atom is -0.339 e. The van der Waals surface area contributed by atoms with Gasteiger partial charge in [-0.2, -0.15) is 0 Å². The summed E-state index contributed by atoms with van der Waals surface area (Å²) in [5, 5.41) is 1.72.